The van der Waals surface area contributed by atoms with Gasteiger partial charge < -0.3 is 9.88 Å². The number of rotatable bonds is 4. The molecule has 0 saturated heterocycles. The van der Waals surface area contributed by atoms with Crippen molar-refractivity contribution in [1.82, 2.24) is 14.9 Å². The number of benzene rings is 1. The Morgan fingerprint density at radius 3 is 2.44 bits per heavy atom. The van der Waals surface area contributed by atoms with Gasteiger partial charge >= 0.3 is 0 Å². The molecule has 0 spiro atoms. The number of imidazole rings is 1. The van der Waals surface area contributed by atoms with Gasteiger partial charge in [-0.25, -0.2) is 4.98 Å². The van der Waals surface area contributed by atoms with Crippen molar-refractivity contribution in [1.29, 1.82) is 0 Å². The Morgan fingerprint density at radius 2 is 1.89 bits per heavy atom. The van der Waals surface area contributed by atoms with E-state index in [-0.39, 0.29) is 0 Å². The predicted octanol–water partition coefficient (Wildman–Crippen LogP) is 2.91. The molecule has 1 heterocycles. The topological polar surface area (TPSA) is 29.9 Å². The van der Waals surface area contributed by atoms with Crippen molar-refractivity contribution in [2.45, 2.75) is 25.8 Å². The zero-order valence-corrected chi connectivity index (χ0v) is 11.5. The van der Waals surface area contributed by atoms with Crippen LogP contribution >= 0.6 is 0 Å². The molecular weight excluding hydrogens is 222 g/mol. The molecule has 1 atom stereocenters. The highest BCUT2D eigenvalue weighted by Gasteiger charge is 2.03. The molecule has 1 aromatic heterocycles. The Kier molecular flexibility index (Phi) is 6.81. The van der Waals surface area contributed by atoms with Crippen molar-refractivity contribution < 1.29 is 0 Å². The SMILES string of the molecule is CC(CCc1ccccc1)n1ccnc1.CNC. The van der Waals surface area contributed by atoms with Gasteiger partial charge in [-0.05, 0) is 39.4 Å². The zero-order chi connectivity index (χ0) is 13.2. The lowest BCUT2D eigenvalue weighted by atomic mass is 10.1. The summed E-state index contributed by atoms with van der Waals surface area (Å²) < 4.78 is 2.16. The van der Waals surface area contributed by atoms with E-state index in [1.165, 1.54) is 5.56 Å². The first-order valence-electron chi connectivity index (χ1n) is 6.37. The average Bonchev–Trinajstić information content (AvgIpc) is 2.92. The van der Waals surface area contributed by atoms with Crippen LogP contribution in [0.1, 0.15) is 24.9 Å². The fourth-order valence-corrected chi connectivity index (χ4v) is 1.70. The molecule has 0 bridgehead atoms. The minimum absolute atomic E-state index is 0.521. The third-order valence-electron chi connectivity index (χ3n) is 2.73. The van der Waals surface area contributed by atoms with Gasteiger partial charge in [0.1, 0.15) is 0 Å². The second kappa shape index (κ2) is 8.48. The van der Waals surface area contributed by atoms with Gasteiger partial charge in [0.2, 0.25) is 0 Å². The molecule has 18 heavy (non-hydrogen) atoms. The van der Waals surface area contributed by atoms with Crippen LogP contribution in [0.3, 0.4) is 0 Å². The summed E-state index contributed by atoms with van der Waals surface area (Å²) in [6.07, 6.45) is 8.02. The smallest absolute Gasteiger partial charge is 0.0948 e. The fraction of sp³-hybridized carbons (Fsp3) is 0.400. The van der Waals surface area contributed by atoms with E-state index in [9.17, 15) is 0 Å². The fourth-order valence-electron chi connectivity index (χ4n) is 1.70. The molecule has 1 aromatic carbocycles. The van der Waals surface area contributed by atoms with Crippen molar-refractivity contribution >= 4 is 0 Å². The van der Waals surface area contributed by atoms with Crippen LogP contribution in [0.25, 0.3) is 0 Å². The molecule has 98 valence electrons. The molecule has 0 amide bonds. The highest BCUT2D eigenvalue weighted by atomic mass is 15.0. The second-order valence-corrected chi connectivity index (χ2v) is 4.38. The molecule has 0 radical (unpaired) electrons. The molecule has 2 aromatic rings. The minimum Gasteiger partial charge on any atom is -0.335 e. The Bertz CT molecular complexity index is 395. The van der Waals surface area contributed by atoms with Gasteiger partial charge in [0.25, 0.3) is 0 Å². The maximum atomic E-state index is 4.06. The molecule has 2 rings (SSSR count). The standard InChI is InChI=1S/C13H16N2.C2H7N/c1-12(15-10-9-14-11-15)7-8-13-5-3-2-4-6-13;1-3-2/h2-6,9-12H,7-8H2,1H3;3H,1-2H3. The normalized spacial score (nSPS) is 11.5. The van der Waals surface area contributed by atoms with E-state index in [4.69, 9.17) is 0 Å². The lowest BCUT2D eigenvalue weighted by Gasteiger charge is -2.12. The van der Waals surface area contributed by atoms with Crippen molar-refractivity contribution in [3.8, 4) is 0 Å². The van der Waals surface area contributed by atoms with Crippen LogP contribution in [0.2, 0.25) is 0 Å². The van der Waals surface area contributed by atoms with E-state index in [0.29, 0.717) is 6.04 Å². The summed E-state index contributed by atoms with van der Waals surface area (Å²) in [5, 5.41) is 2.75. The number of hydrogen-bond donors (Lipinski definition) is 1. The summed E-state index contributed by atoms with van der Waals surface area (Å²) in [7, 11) is 3.75. The van der Waals surface area contributed by atoms with E-state index < -0.39 is 0 Å². The highest BCUT2D eigenvalue weighted by molar-refractivity contribution is 5.14. The lowest BCUT2D eigenvalue weighted by Crippen LogP contribution is -2.03. The summed E-state index contributed by atoms with van der Waals surface area (Å²) in [6.45, 7) is 2.23. The maximum Gasteiger partial charge on any atom is 0.0948 e. The summed E-state index contributed by atoms with van der Waals surface area (Å²) >= 11 is 0. The summed E-state index contributed by atoms with van der Waals surface area (Å²) in [4.78, 5) is 4.06. The molecule has 0 aliphatic rings. The van der Waals surface area contributed by atoms with E-state index in [0.717, 1.165) is 12.8 Å². The van der Waals surface area contributed by atoms with Gasteiger partial charge in [-0.2, -0.15) is 0 Å². The van der Waals surface area contributed by atoms with E-state index in [1.54, 1.807) is 0 Å². The molecule has 1 N–H and O–H groups in total. The minimum atomic E-state index is 0.521. The third-order valence-corrected chi connectivity index (χ3v) is 2.73. The first kappa shape index (κ1) is 14.5. The lowest BCUT2D eigenvalue weighted by molar-refractivity contribution is 0.506. The van der Waals surface area contributed by atoms with Gasteiger partial charge in [-0.1, -0.05) is 30.3 Å². The predicted molar refractivity (Wildman–Crippen MR) is 76.7 cm³/mol. The van der Waals surface area contributed by atoms with Crippen molar-refractivity contribution in [3.63, 3.8) is 0 Å². The highest BCUT2D eigenvalue weighted by Crippen LogP contribution is 2.13. The Hall–Kier alpha value is -1.61. The van der Waals surface area contributed by atoms with Crippen LogP contribution in [0.5, 0.6) is 0 Å². The van der Waals surface area contributed by atoms with Crippen LogP contribution in [-0.4, -0.2) is 23.6 Å². The molecule has 0 saturated carbocycles. The molecule has 1 unspecified atom stereocenters. The Balaban J connectivity index is 0.000000492. The molecular formula is C15H23N3. The van der Waals surface area contributed by atoms with Gasteiger partial charge in [0.05, 0.1) is 6.33 Å². The van der Waals surface area contributed by atoms with Crippen molar-refractivity contribution in [2.75, 3.05) is 14.1 Å². The van der Waals surface area contributed by atoms with E-state index in [1.807, 2.05) is 32.8 Å². The molecule has 0 aliphatic carbocycles. The molecule has 0 fully saturated rings. The number of hydrogen-bond acceptors (Lipinski definition) is 2. The summed E-state index contributed by atoms with van der Waals surface area (Å²) in [5.41, 5.74) is 1.41. The van der Waals surface area contributed by atoms with Crippen LogP contribution in [0, 0.1) is 0 Å². The third kappa shape index (κ3) is 5.15. The van der Waals surface area contributed by atoms with E-state index in [2.05, 4.69) is 52.1 Å². The van der Waals surface area contributed by atoms with Crippen LogP contribution in [0.15, 0.2) is 49.1 Å². The Morgan fingerprint density at radius 1 is 1.22 bits per heavy atom. The number of nitrogens with one attached hydrogen (secondary N) is 1. The quantitative estimate of drug-likeness (QED) is 0.897. The Labute approximate surface area is 110 Å². The number of nitrogens with zero attached hydrogens (tertiary/aromatic N) is 2. The van der Waals surface area contributed by atoms with Crippen molar-refractivity contribution in [3.05, 3.63) is 54.6 Å². The first-order chi connectivity index (χ1) is 8.77. The van der Waals surface area contributed by atoms with E-state index >= 15 is 0 Å². The zero-order valence-electron chi connectivity index (χ0n) is 11.5. The number of aryl methyl sites for hydroxylation is 1. The molecule has 3 heteroatoms. The van der Waals surface area contributed by atoms with Gasteiger partial charge in [0, 0.05) is 18.4 Å². The first-order valence-corrected chi connectivity index (χ1v) is 6.37. The number of aromatic nitrogens is 2. The monoisotopic (exact) mass is 245 g/mol. The van der Waals surface area contributed by atoms with Gasteiger partial charge in [-0.15, -0.1) is 0 Å². The largest absolute Gasteiger partial charge is 0.335 e. The maximum absolute atomic E-state index is 4.06. The van der Waals surface area contributed by atoms with Gasteiger partial charge in [0.15, 0.2) is 0 Å². The van der Waals surface area contributed by atoms with Crippen LogP contribution in [-0.2, 0) is 6.42 Å². The molecule has 0 aliphatic heterocycles. The van der Waals surface area contributed by atoms with Crippen molar-refractivity contribution in [2.24, 2.45) is 0 Å². The van der Waals surface area contributed by atoms with Crippen LogP contribution < -0.4 is 5.32 Å². The molecule has 3 nitrogen and oxygen atoms in total. The summed E-state index contributed by atoms with van der Waals surface area (Å²) in [6, 6.07) is 11.1. The van der Waals surface area contributed by atoms with Crippen LogP contribution in [0.4, 0.5) is 0 Å². The average molecular weight is 245 g/mol. The summed E-state index contributed by atoms with van der Waals surface area (Å²) in [5.74, 6) is 0. The van der Waals surface area contributed by atoms with Gasteiger partial charge in [-0.3, -0.25) is 0 Å². The second-order valence-electron chi connectivity index (χ2n) is 4.38.